The molecule has 3 heterocycles. The summed E-state index contributed by atoms with van der Waals surface area (Å²) in [5, 5.41) is 22.2. The van der Waals surface area contributed by atoms with Crippen LogP contribution in [0.4, 0.5) is 0 Å². The molecule has 4 rings (SSSR count). The van der Waals surface area contributed by atoms with E-state index < -0.39 is 5.60 Å². The van der Waals surface area contributed by atoms with Gasteiger partial charge in [-0.3, -0.25) is 4.79 Å². The fourth-order valence-corrected chi connectivity index (χ4v) is 3.34. The predicted molar refractivity (Wildman–Crippen MR) is 86.4 cm³/mol. The van der Waals surface area contributed by atoms with Crippen molar-refractivity contribution in [3.05, 3.63) is 59.3 Å². The molecule has 3 aromatic rings. The lowest BCUT2D eigenvalue weighted by Gasteiger charge is -2.25. The third-order valence-corrected chi connectivity index (χ3v) is 4.63. The summed E-state index contributed by atoms with van der Waals surface area (Å²) in [6.45, 7) is 2.77. The van der Waals surface area contributed by atoms with Crippen molar-refractivity contribution in [2.24, 2.45) is 0 Å². The van der Waals surface area contributed by atoms with Crippen molar-refractivity contribution in [3.63, 3.8) is 0 Å². The minimum Gasteiger partial charge on any atom is -0.383 e. The molecule has 0 unspecified atom stereocenters. The summed E-state index contributed by atoms with van der Waals surface area (Å²) in [4.78, 5) is 14.4. The van der Waals surface area contributed by atoms with Gasteiger partial charge in [0.05, 0.1) is 6.54 Å². The van der Waals surface area contributed by atoms with Crippen LogP contribution in [-0.2, 0) is 5.60 Å². The maximum atomic E-state index is 12.8. The summed E-state index contributed by atoms with van der Waals surface area (Å²) in [5.41, 5.74) is 1.96. The van der Waals surface area contributed by atoms with E-state index in [1.807, 2.05) is 31.2 Å². The Hall–Kier alpha value is -2.80. The number of carbonyl (C=O) groups is 1. The molecule has 122 valence electrons. The number of likely N-dealkylation sites (tertiary alicyclic amines) is 1. The highest BCUT2D eigenvalue weighted by molar-refractivity contribution is 5.95. The second-order valence-electron chi connectivity index (χ2n) is 6.22. The molecule has 1 aromatic carbocycles. The van der Waals surface area contributed by atoms with Gasteiger partial charge in [-0.25, -0.2) is 4.52 Å². The number of aromatic nitrogens is 4. The zero-order chi connectivity index (χ0) is 16.7. The minimum atomic E-state index is -0.998. The third-order valence-electron chi connectivity index (χ3n) is 4.63. The SMILES string of the molecule is Cc1ccccc1[C@]1(O)CCN(C(=O)c2ccn3nnnc3c2)C1. The Morgan fingerprint density at radius 3 is 2.96 bits per heavy atom. The van der Waals surface area contributed by atoms with Crippen molar-refractivity contribution in [1.29, 1.82) is 0 Å². The molecule has 7 nitrogen and oxygen atoms in total. The first-order valence-corrected chi connectivity index (χ1v) is 7.82. The summed E-state index contributed by atoms with van der Waals surface area (Å²) < 4.78 is 1.50. The number of aryl methyl sites for hydroxylation is 1. The minimum absolute atomic E-state index is 0.120. The van der Waals surface area contributed by atoms with E-state index in [1.54, 1.807) is 23.2 Å². The zero-order valence-electron chi connectivity index (χ0n) is 13.3. The lowest BCUT2D eigenvalue weighted by molar-refractivity contribution is 0.0412. The van der Waals surface area contributed by atoms with Gasteiger partial charge in [-0.1, -0.05) is 24.3 Å². The monoisotopic (exact) mass is 323 g/mol. The number of pyridine rings is 1. The molecule has 1 aliphatic rings. The van der Waals surface area contributed by atoms with Crippen LogP contribution >= 0.6 is 0 Å². The highest BCUT2D eigenvalue weighted by atomic mass is 16.3. The first kappa shape index (κ1) is 14.8. The molecular weight excluding hydrogens is 306 g/mol. The van der Waals surface area contributed by atoms with E-state index in [0.717, 1.165) is 11.1 Å². The van der Waals surface area contributed by atoms with Crippen LogP contribution < -0.4 is 0 Å². The Kier molecular flexibility index (Phi) is 3.31. The number of nitrogens with zero attached hydrogens (tertiary/aromatic N) is 5. The number of carbonyl (C=O) groups excluding carboxylic acids is 1. The van der Waals surface area contributed by atoms with Crippen molar-refractivity contribution in [2.45, 2.75) is 18.9 Å². The molecular formula is C17H17N5O2. The highest BCUT2D eigenvalue weighted by Crippen LogP contribution is 2.34. The van der Waals surface area contributed by atoms with Crippen LogP contribution in [-0.4, -0.2) is 49.0 Å². The van der Waals surface area contributed by atoms with Crippen molar-refractivity contribution in [2.75, 3.05) is 13.1 Å². The van der Waals surface area contributed by atoms with Crippen LogP contribution in [0.2, 0.25) is 0 Å². The van der Waals surface area contributed by atoms with Gasteiger partial charge in [0, 0.05) is 18.3 Å². The number of benzene rings is 1. The van der Waals surface area contributed by atoms with Crippen LogP contribution in [0.3, 0.4) is 0 Å². The number of hydrogen-bond acceptors (Lipinski definition) is 5. The summed E-state index contributed by atoms with van der Waals surface area (Å²) in [6, 6.07) is 11.1. The fourth-order valence-electron chi connectivity index (χ4n) is 3.34. The molecule has 1 aliphatic heterocycles. The van der Waals surface area contributed by atoms with Gasteiger partial charge >= 0.3 is 0 Å². The highest BCUT2D eigenvalue weighted by Gasteiger charge is 2.40. The van der Waals surface area contributed by atoms with Gasteiger partial charge in [-0.15, -0.1) is 5.10 Å². The fraction of sp³-hybridized carbons (Fsp3) is 0.294. The Morgan fingerprint density at radius 1 is 1.29 bits per heavy atom. The van der Waals surface area contributed by atoms with E-state index in [2.05, 4.69) is 15.5 Å². The number of amides is 1. The van der Waals surface area contributed by atoms with Crippen LogP contribution in [0.5, 0.6) is 0 Å². The van der Waals surface area contributed by atoms with Crippen LogP contribution in [0.15, 0.2) is 42.6 Å². The molecule has 1 amide bonds. The number of aliphatic hydroxyl groups is 1. The van der Waals surface area contributed by atoms with Crippen LogP contribution in [0, 0.1) is 6.92 Å². The number of tetrazole rings is 1. The molecule has 0 bridgehead atoms. The molecule has 0 aliphatic carbocycles. The zero-order valence-corrected chi connectivity index (χ0v) is 13.3. The maximum Gasteiger partial charge on any atom is 0.254 e. The lowest BCUT2D eigenvalue weighted by Crippen LogP contribution is -2.34. The largest absolute Gasteiger partial charge is 0.383 e. The maximum absolute atomic E-state index is 12.8. The van der Waals surface area contributed by atoms with Gasteiger partial charge in [0.1, 0.15) is 5.60 Å². The number of rotatable bonds is 2. The molecule has 0 saturated carbocycles. The Morgan fingerprint density at radius 2 is 2.12 bits per heavy atom. The van der Waals surface area contributed by atoms with E-state index >= 15 is 0 Å². The van der Waals surface area contributed by atoms with Gasteiger partial charge in [0.15, 0.2) is 5.65 Å². The molecule has 1 N–H and O–H groups in total. The van der Waals surface area contributed by atoms with Gasteiger partial charge in [0.2, 0.25) is 0 Å². The molecule has 24 heavy (non-hydrogen) atoms. The number of fused-ring (bicyclic) bond motifs is 1. The third kappa shape index (κ3) is 2.33. The second-order valence-corrected chi connectivity index (χ2v) is 6.22. The number of β-amino-alcohol motifs (C(OH)–C–C–N with tert-alkyl or cyclic N) is 1. The Bertz CT molecular complexity index is 922. The summed E-state index contributed by atoms with van der Waals surface area (Å²) in [6.07, 6.45) is 2.19. The van der Waals surface area contributed by atoms with Gasteiger partial charge in [-0.2, -0.15) is 0 Å². The topological polar surface area (TPSA) is 83.6 Å². The molecule has 0 spiro atoms. The molecule has 1 atom stereocenters. The quantitative estimate of drug-likeness (QED) is 0.765. The average Bonchev–Trinajstić information content (AvgIpc) is 3.21. The van der Waals surface area contributed by atoms with E-state index in [4.69, 9.17) is 0 Å². The molecule has 0 radical (unpaired) electrons. The smallest absolute Gasteiger partial charge is 0.254 e. The van der Waals surface area contributed by atoms with E-state index in [0.29, 0.717) is 24.2 Å². The first-order valence-electron chi connectivity index (χ1n) is 7.82. The Labute approximate surface area is 138 Å². The Balaban J connectivity index is 1.60. The summed E-state index contributed by atoms with van der Waals surface area (Å²) in [5.74, 6) is -0.120. The second kappa shape index (κ2) is 5.38. The average molecular weight is 323 g/mol. The van der Waals surface area contributed by atoms with Crippen molar-refractivity contribution in [1.82, 2.24) is 24.9 Å². The van der Waals surface area contributed by atoms with E-state index in [9.17, 15) is 9.90 Å². The molecule has 2 aromatic heterocycles. The molecule has 1 fully saturated rings. The molecule has 7 heteroatoms. The van der Waals surface area contributed by atoms with Gasteiger partial charge < -0.3 is 10.0 Å². The van der Waals surface area contributed by atoms with Gasteiger partial charge in [-0.05, 0) is 47.0 Å². The standard InChI is InChI=1S/C17H17N5O2/c1-12-4-2-3-5-14(12)17(24)7-9-21(11-17)16(23)13-6-8-22-15(10-13)18-19-20-22/h2-6,8,10,24H,7,9,11H2,1H3/t17-/m0/s1. The van der Waals surface area contributed by atoms with Crippen molar-refractivity contribution >= 4 is 11.6 Å². The van der Waals surface area contributed by atoms with E-state index in [1.165, 1.54) is 4.52 Å². The summed E-state index contributed by atoms with van der Waals surface area (Å²) in [7, 11) is 0. The van der Waals surface area contributed by atoms with Crippen molar-refractivity contribution in [3.8, 4) is 0 Å². The predicted octanol–water partition coefficient (Wildman–Crippen LogP) is 1.17. The van der Waals surface area contributed by atoms with Gasteiger partial charge in [0.25, 0.3) is 5.91 Å². The van der Waals surface area contributed by atoms with E-state index in [-0.39, 0.29) is 12.5 Å². The normalized spacial score (nSPS) is 20.7. The van der Waals surface area contributed by atoms with Crippen LogP contribution in [0.25, 0.3) is 5.65 Å². The number of hydrogen-bond donors (Lipinski definition) is 1. The van der Waals surface area contributed by atoms with Crippen LogP contribution in [0.1, 0.15) is 27.9 Å². The summed E-state index contributed by atoms with van der Waals surface area (Å²) >= 11 is 0. The van der Waals surface area contributed by atoms with Crippen molar-refractivity contribution < 1.29 is 9.90 Å². The first-order chi connectivity index (χ1) is 11.6. The molecule has 1 saturated heterocycles. The lowest BCUT2D eigenvalue weighted by atomic mass is 9.89.